The minimum atomic E-state index is 0.0891. The van der Waals surface area contributed by atoms with Gasteiger partial charge in [-0.3, -0.25) is 9.69 Å². The van der Waals surface area contributed by atoms with E-state index in [2.05, 4.69) is 48.3 Å². The second-order valence-electron chi connectivity index (χ2n) is 8.03. The Balaban J connectivity index is 1.97. The number of rotatable bonds is 6. The van der Waals surface area contributed by atoms with Crippen LogP contribution in [0.1, 0.15) is 55.2 Å². The van der Waals surface area contributed by atoms with Crippen molar-refractivity contribution < 1.29 is 4.79 Å². The van der Waals surface area contributed by atoms with Crippen LogP contribution in [0.15, 0.2) is 48.5 Å². The van der Waals surface area contributed by atoms with Gasteiger partial charge >= 0.3 is 0 Å². The summed E-state index contributed by atoms with van der Waals surface area (Å²) in [4.78, 5) is 17.1. The summed E-state index contributed by atoms with van der Waals surface area (Å²) >= 11 is 0. The van der Waals surface area contributed by atoms with Crippen LogP contribution in [0.25, 0.3) is 0 Å². The second kappa shape index (κ2) is 9.42. The SMILES string of the molecule is CCN(CC)C(=O)c1ccc(C(c2cccc(N)c2)N2CC(C)NCC2C)cc1. The summed E-state index contributed by atoms with van der Waals surface area (Å²) < 4.78 is 0. The van der Waals surface area contributed by atoms with Crippen molar-refractivity contribution in [1.82, 2.24) is 15.1 Å². The van der Waals surface area contributed by atoms with E-state index < -0.39 is 0 Å². The van der Waals surface area contributed by atoms with Gasteiger partial charge in [-0.05, 0) is 63.1 Å². The lowest BCUT2D eigenvalue weighted by Crippen LogP contribution is -2.55. The molecule has 156 valence electrons. The van der Waals surface area contributed by atoms with E-state index in [1.165, 1.54) is 11.1 Å². The van der Waals surface area contributed by atoms with Gasteiger partial charge in [-0.2, -0.15) is 0 Å². The third-order valence-electron chi connectivity index (χ3n) is 5.89. The quantitative estimate of drug-likeness (QED) is 0.736. The van der Waals surface area contributed by atoms with Gasteiger partial charge in [0.1, 0.15) is 0 Å². The van der Waals surface area contributed by atoms with Gasteiger partial charge in [-0.1, -0.05) is 24.3 Å². The molecule has 3 rings (SSSR count). The minimum Gasteiger partial charge on any atom is -0.399 e. The first-order valence-corrected chi connectivity index (χ1v) is 10.7. The summed E-state index contributed by atoms with van der Waals surface area (Å²) in [7, 11) is 0. The zero-order valence-corrected chi connectivity index (χ0v) is 18.1. The van der Waals surface area contributed by atoms with E-state index in [-0.39, 0.29) is 11.9 Å². The van der Waals surface area contributed by atoms with Crippen molar-refractivity contribution in [2.75, 3.05) is 31.9 Å². The Morgan fingerprint density at radius 3 is 2.45 bits per heavy atom. The highest BCUT2D eigenvalue weighted by atomic mass is 16.2. The number of hydrogen-bond acceptors (Lipinski definition) is 4. The van der Waals surface area contributed by atoms with Crippen LogP contribution in [0.2, 0.25) is 0 Å². The summed E-state index contributed by atoms with van der Waals surface area (Å²) in [6.45, 7) is 11.9. The Morgan fingerprint density at radius 2 is 1.83 bits per heavy atom. The standard InChI is InChI=1S/C24H34N4O/c1-5-27(6-2)24(29)20-12-10-19(11-13-20)23(21-8-7-9-22(25)14-21)28-16-17(3)26-15-18(28)4/h7-14,17-18,23,26H,5-6,15-16,25H2,1-4H3. The maximum absolute atomic E-state index is 12.7. The molecule has 2 aromatic carbocycles. The Morgan fingerprint density at radius 1 is 1.14 bits per heavy atom. The van der Waals surface area contributed by atoms with Crippen LogP contribution in [0.4, 0.5) is 5.69 Å². The number of anilines is 1. The molecular formula is C24H34N4O. The molecule has 2 aromatic rings. The smallest absolute Gasteiger partial charge is 0.253 e. The normalized spacial score (nSPS) is 21.0. The van der Waals surface area contributed by atoms with Crippen LogP contribution in [0, 0.1) is 0 Å². The van der Waals surface area contributed by atoms with Gasteiger partial charge in [-0.15, -0.1) is 0 Å². The number of hydrogen-bond donors (Lipinski definition) is 2. The van der Waals surface area contributed by atoms with Gasteiger partial charge in [0, 0.05) is 49.5 Å². The first kappa shape index (κ1) is 21.3. The van der Waals surface area contributed by atoms with Gasteiger partial charge in [0.15, 0.2) is 0 Å². The van der Waals surface area contributed by atoms with E-state index in [1.807, 2.05) is 43.0 Å². The average molecular weight is 395 g/mol. The molecule has 0 bridgehead atoms. The lowest BCUT2D eigenvalue weighted by molar-refractivity contribution is 0.0773. The van der Waals surface area contributed by atoms with Crippen molar-refractivity contribution in [3.8, 4) is 0 Å². The molecule has 5 nitrogen and oxygen atoms in total. The number of nitrogens with zero attached hydrogens (tertiary/aromatic N) is 2. The fourth-order valence-electron chi connectivity index (χ4n) is 4.22. The molecule has 5 heteroatoms. The van der Waals surface area contributed by atoms with E-state index in [1.54, 1.807) is 0 Å². The molecule has 0 aliphatic carbocycles. The van der Waals surface area contributed by atoms with Crippen LogP contribution < -0.4 is 11.1 Å². The molecule has 1 amide bonds. The summed E-state index contributed by atoms with van der Waals surface area (Å²) in [6, 6.07) is 17.2. The molecule has 1 fully saturated rings. The van der Waals surface area contributed by atoms with Crippen molar-refractivity contribution >= 4 is 11.6 Å². The highest BCUT2D eigenvalue weighted by Gasteiger charge is 2.31. The number of nitrogens with two attached hydrogens (primary N) is 1. The summed E-state index contributed by atoms with van der Waals surface area (Å²) in [5.41, 5.74) is 10.0. The van der Waals surface area contributed by atoms with Gasteiger partial charge in [0.05, 0.1) is 6.04 Å². The molecule has 3 atom stereocenters. The third-order valence-corrected chi connectivity index (χ3v) is 5.89. The van der Waals surface area contributed by atoms with E-state index in [4.69, 9.17) is 5.73 Å². The number of nitrogens with one attached hydrogen (secondary N) is 1. The zero-order valence-electron chi connectivity index (χ0n) is 18.1. The van der Waals surface area contributed by atoms with Crippen LogP contribution in [0.3, 0.4) is 0 Å². The topological polar surface area (TPSA) is 61.6 Å². The Hall–Kier alpha value is -2.37. The van der Waals surface area contributed by atoms with Crippen LogP contribution in [-0.2, 0) is 0 Å². The summed E-state index contributed by atoms with van der Waals surface area (Å²) in [6.07, 6.45) is 0. The van der Waals surface area contributed by atoms with Crippen molar-refractivity contribution in [1.29, 1.82) is 0 Å². The highest BCUT2D eigenvalue weighted by molar-refractivity contribution is 5.94. The molecule has 0 spiro atoms. The molecular weight excluding hydrogens is 360 g/mol. The van der Waals surface area contributed by atoms with Gasteiger partial charge in [-0.25, -0.2) is 0 Å². The summed E-state index contributed by atoms with van der Waals surface area (Å²) in [5.74, 6) is 0.0891. The monoisotopic (exact) mass is 394 g/mol. The first-order valence-electron chi connectivity index (χ1n) is 10.7. The van der Waals surface area contributed by atoms with E-state index in [0.717, 1.165) is 37.4 Å². The molecule has 0 saturated carbocycles. The highest BCUT2D eigenvalue weighted by Crippen LogP contribution is 2.32. The predicted octanol–water partition coefficient (Wildman–Crippen LogP) is 3.52. The third kappa shape index (κ3) is 4.80. The summed E-state index contributed by atoms with van der Waals surface area (Å²) in [5, 5.41) is 3.56. The zero-order chi connectivity index (χ0) is 21.0. The average Bonchev–Trinajstić information content (AvgIpc) is 2.72. The predicted molar refractivity (Wildman–Crippen MR) is 120 cm³/mol. The number of nitrogen functional groups attached to an aromatic ring is 1. The molecule has 1 aliphatic rings. The molecule has 1 saturated heterocycles. The first-order chi connectivity index (χ1) is 13.9. The lowest BCUT2D eigenvalue weighted by Gasteiger charge is -2.43. The maximum Gasteiger partial charge on any atom is 0.253 e. The van der Waals surface area contributed by atoms with Crippen LogP contribution >= 0.6 is 0 Å². The molecule has 29 heavy (non-hydrogen) atoms. The fourth-order valence-corrected chi connectivity index (χ4v) is 4.22. The van der Waals surface area contributed by atoms with Crippen molar-refractivity contribution in [3.05, 3.63) is 65.2 Å². The largest absolute Gasteiger partial charge is 0.399 e. The number of carbonyl (C=O) groups is 1. The lowest BCUT2D eigenvalue weighted by atomic mass is 9.93. The second-order valence-corrected chi connectivity index (χ2v) is 8.03. The van der Waals surface area contributed by atoms with Crippen molar-refractivity contribution in [2.24, 2.45) is 0 Å². The van der Waals surface area contributed by atoms with Gasteiger partial charge in [0.25, 0.3) is 5.91 Å². The molecule has 1 heterocycles. The Bertz CT molecular complexity index is 816. The van der Waals surface area contributed by atoms with E-state index >= 15 is 0 Å². The molecule has 0 radical (unpaired) electrons. The van der Waals surface area contributed by atoms with Gasteiger partial charge < -0.3 is 16.0 Å². The van der Waals surface area contributed by atoms with Crippen LogP contribution in [0.5, 0.6) is 0 Å². The number of carbonyl (C=O) groups excluding carboxylic acids is 1. The Labute approximate surface area is 174 Å². The fraction of sp³-hybridized carbons (Fsp3) is 0.458. The number of piperazine rings is 1. The van der Waals surface area contributed by atoms with E-state index in [9.17, 15) is 4.79 Å². The maximum atomic E-state index is 12.7. The molecule has 0 aromatic heterocycles. The Kier molecular flexibility index (Phi) is 6.93. The molecule has 3 N–H and O–H groups in total. The van der Waals surface area contributed by atoms with Crippen LogP contribution in [-0.4, -0.2) is 54.0 Å². The molecule has 3 unspecified atom stereocenters. The van der Waals surface area contributed by atoms with E-state index in [0.29, 0.717) is 12.1 Å². The number of amides is 1. The number of benzene rings is 2. The van der Waals surface area contributed by atoms with Crippen molar-refractivity contribution in [3.63, 3.8) is 0 Å². The van der Waals surface area contributed by atoms with Crippen molar-refractivity contribution in [2.45, 2.75) is 45.8 Å². The van der Waals surface area contributed by atoms with Gasteiger partial charge in [0.2, 0.25) is 0 Å². The molecule has 1 aliphatic heterocycles. The minimum absolute atomic E-state index is 0.0891.